The number of carbonyl (C=O) groups is 1. The summed E-state index contributed by atoms with van der Waals surface area (Å²) in [5.74, 6) is -0.700. The van der Waals surface area contributed by atoms with Gasteiger partial charge in [0.15, 0.2) is 0 Å². The van der Waals surface area contributed by atoms with Crippen molar-refractivity contribution in [1.29, 1.82) is 0 Å². The first-order valence-electron chi connectivity index (χ1n) is 6.51. The van der Waals surface area contributed by atoms with Crippen molar-refractivity contribution in [2.45, 2.75) is 6.18 Å². The summed E-state index contributed by atoms with van der Waals surface area (Å²) < 4.78 is 37.6. The van der Waals surface area contributed by atoms with E-state index >= 15 is 0 Å². The van der Waals surface area contributed by atoms with E-state index in [1.165, 1.54) is 6.07 Å². The minimum atomic E-state index is -4.59. The van der Waals surface area contributed by atoms with E-state index in [-0.39, 0.29) is 11.4 Å². The number of aromatic nitrogens is 4. The van der Waals surface area contributed by atoms with Crippen molar-refractivity contribution < 1.29 is 18.0 Å². The Morgan fingerprint density at radius 2 is 1.78 bits per heavy atom. The van der Waals surface area contributed by atoms with Crippen molar-refractivity contribution in [2.24, 2.45) is 0 Å². The van der Waals surface area contributed by atoms with Crippen molar-refractivity contribution in [1.82, 2.24) is 20.2 Å². The molecule has 0 unspecified atom stereocenters. The van der Waals surface area contributed by atoms with Gasteiger partial charge in [0.25, 0.3) is 0 Å². The lowest BCUT2D eigenvalue weighted by molar-refractivity contribution is -0.141. The third-order valence-corrected chi connectivity index (χ3v) is 3.02. The molecule has 0 atom stereocenters. The number of aromatic amines is 1. The molecular formula is C15H9F3N4O. The van der Waals surface area contributed by atoms with E-state index in [0.717, 1.165) is 0 Å². The second-order valence-corrected chi connectivity index (χ2v) is 4.62. The van der Waals surface area contributed by atoms with Gasteiger partial charge in [0.1, 0.15) is 17.1 Å². The summed E-state index contributed by atoms with van der Waals surface area (Å²) in [5, 5.41) is 5.22. The lowest BCUT2D eigenvalue weighted by Crippen LogP contribution is -2.06. The normalized spacial score (nSPS) is 11.4. The smallest absolute Gasteiger partial charge is 0.285 e. The fourth-order valence-corrected chi connectivity index (χ4v) is 1.93. The Bertz CT molecular complexity index is 843. The number of carbonyl (C=O) groups excluding carboxylic acids is 1. The highest BCUT2D eigenvalue weighted by Gasteiger charge is 2.34. The Hall–Kier alpha value is -3.03. The van der Waals surface area contributed by atoms with E-state index in [1.807, 2.05) is 0 Å². The second kappa shape index (κ2) is 5.64. The van der Waals surface area contributed by atoms with Crippen LogP contribution in [0.25, 0.3) is 11.4 Å². The zero-order valence-electron chi connectivity index (χ0n) is 11.5. The Morgan fingerprint density at radius 3 is 2.43 bits per heavy atom. The van der Waals surface area contributed by atoms with Gasteiger partial charge in [-0.15, -0.1) is 0 Å². The molecule has 0 amide bonds. The molecule has 0 aliphatic heterocycles. The van der Waals surface area contributed by atoms with Crippen LogP contribution in [0.1, 0.15) is 21.9 Å². The highest BCUT2D eigenvalue weighted by molar-refractivity contribution is 6.06. The number of rotatable bonds is 3. The average molecular weight is 318 g/mol. The number of hydrogen-bond acceptors (Lipinski definition) is 4. The van der Waals surface area contributed by atoms with E-state index in [9.17, 15) is 18.0 Å². The van der Waals surface area contributed by atoms with Gasteiger partial charge >= 0.3 is 6.18 Å². The highest BCUT2D eigenvalue weighted by Crippen LogP contribution is 2.28. The largest absolute Gasteiger partial charge is 0.432 e. The molecule has 0 aliphatic rings. The molecule has 0 spiro atoms. The Kier molecular flexibility index (Phi) is 3.65. The maximum absolute atomic E-state index is 12.5. The van der Waals surface area contributed by atoms with Gasteiger partial charge in [0.2, 0.25) is 5.78 Å². The molecule has 5 nitrogen and oxygen atoms in total. The first-order chi connectivity index (χ1) is 10.9. The van der Waals surface area contributed by atoms with Gasteiger partial charge in [0.05, 0.1) is 11.4 Å². The highest BCUT2D eigenvalue weighted by atomic mass is 19.4. The first-order valence-corrected chi connectivity index (χ1v) is 6.51. The molecule has 0 saturated carbocycles. The zero-order valence-corrected chi connectivity index (χ0v) is 11.5. The summed E-state index contributed by atoms with van der Waals surface area (Å²) in [6.45, 7) is 0. The van der Waals surface area contributed by atoms with E-state index in [2.05, 4.69) is 15.1 Å². The van der Waals surface area contributed by atoms with Crippen LogP contribution in [0.15, 0.2) is 48.7 Å². The van der Waals surface area contributed by atoms with Gasteiger partial charge < -0.3 is 0 Å². The average Bonchev–Trinajstić information content (AvgIpc) is 3.05. The predicted molar refractivity (Wildman–Crippen MR) is 74.5 cm³/mol. The molecular weight excluding hydrogens is 309 g/mol. The topological polar surface area (TPSA) is 71.5 Å². The number of alkyl halides is 3. The third-order valence-electron chi connectivity index (χ3n) is 3.02. The summed E-state index contributed by atoms with van der Waals surface area (Å²) in [4.78, 5) is 20.5. The van der Waals surface area contributed by atoms with Crippen LogP contribution < -0.4 is 0 Å². The molecule has 0 saturated heterocycles. The summed E-state index contributed by atoms with van der Waals surface area (Å²) in [6, 6.07) is 10.5. The molecule has 1 N–H and O–H groups in total. The van der Waals surface area contributed by atoms with E-state index in [4.69, 9.17) is 0 Å². The molecule has 3 aromatic heterocycles. The van der Waals surface area contributed by atoms with Crippen LogP contribution in [-0.4, -0.2) is 25.9 Å². The van der Waals surface area contributed by atoms with Gasteiger partial charge in [-0.1, -0.05) is 12.1 Å². The summed E-state index contributed by atoms with van der Waals surface area (Å²) in [5.41, 5.74) is -0.429. The standard InChI is InChI=1S/C15H9F3N4O/c16-15(17,18)13-8-12(21-22-13)14(23)11-6-3-5-10(20-11)9-4-1-2-7-19-9/h1-8H,(H,21,22). The minimum Gasteiger partial charge on any atom is -0.285 e. The zero-order chi connectivity index (χ0) is 16.4. The fourth-order valence-electron chi connectivity index (χ4n) is 1.93. The molecule has 23 heavy (non-hydrogen) atoms. The SMILES string of the molecule is O=C(c1cc(C(F)(F)F)[nH]n1)c1cccc(-c2ccccn2)n1. The number of nitrogens with one attached hydrogen (secondary N) is 1. The van der Waals surface area contributed by atoms with Crippen LogP contribution in [0.4, 0.5) is 13.2 Å². The van der Waals surface area contributed by atoms with Crippen LogP contribution in [0.3, 0.4) is 0 Å². The maximum atomic E-state index is 12.5. The van der Waals surface area contributed by atoms with Crippen LogP contribution in [0.5, 0.6) is 0 Å². The molecule has 0 radical (unpaired) electrons. The molecule has 0 aromatic carbocycles. The van der Waals surface area contributed by atoms with Gasteiger partial charge in [-0.25, -0.2) is 4.98 Å². The molecule has 3 aromatic rings. The number of halogens is 3. The third kappa shape index (κ3) is 3.10. The quantitative estimate of drug-likeness (QED) is 0.753. The Balaban J connectivity index is 1.93. The van der Waals surface area contributed by atoms with Crippen LogP contribution >= 0.6 is 0 Å². The maximum Gasteiger partial charge on any atom is 0.432 e. The fraction of sp³-hybridized carbons (Fsp3) is 0.0667. The lowest BCUT2D eigenvalue weighted by Gasteiger charge is -2.02. The van der Waals surface area contributed by atoms with E-state index < -0.39 is 17.7 Å². The van der Waals surface area contributed by atoms with Gasteiger partial charge in [0, 0.05) is 6.20 Å². The van der Waals surface area contributed by atoms with Crippen molar-refractivity contribution in [3.05, 3.63) is 65.7 Å². The Labute approximate surface area is 128 Å². The summed E-state index contributed by atoms with van der Waals surface area (Å²) >= 11 is 0. The molecule has 0 bridgehead atoms. The lowest BCUT2D eigenvalue weighted by atomic mass is 10.1. The molecule has 3 heterocycles. The van der Waals surface area contributed by atoms with Crippen LogP contribution in [0.2, 0.25) is 0 Å². The number of nitrogens with zero attached hydrogens (tertiary/aromatic N) is 3. The van der Waals surface area contributed by atoms with Crippen molar-refractivity contribution in [3.63, 3.8) is 0 Å². The second-order valence-electron chi connectivity index (χ2n) is 4.62. The minimum absolute atomic E-state index is 0.00613. The monoisotopic (exact) mass is 318 g/mol. The van der Waals surface area contributed by atoms with Gasteiger partial charge in [-0.05, 0) is 30.3 Å². The molecule has 8 heteroatoms. The number of pyridine rings is 2. The number of hydrogen-bond donors (Lipinski definition) is 1. The Morgan fingerprint density at radius 1 is 1.00 bits per heavy atom. The van der Waals surface area contributed by atoms with Crippen molar-refractivity contribution >= 4 is 5.78 Å². The molecule has 0 aliphatic carbocycles. The van der Waals surface area contributed by atoms with Crippen LogP contribution in [0, 0.1) is 0 Å². The van der Waals surface area contributed by atoms with Crippen molar-refractivity contribution in [3.8, 4) is 11.4 Å². The summed E-state index contributed by atoms with van der Waals surface area (Å²) in [7, 11) is 0. The first kappa shape index (κ1) is 14.9. The van der Waals surface area contributed by atoms with E-state index in [1.54, 1.807) is 41.6 Å². The van der Waals surface area contributed by atoms with Gasteiger partial charge in [-0.2, -0.15) is 18.3 Å². The summed E-state index contributed by atoms with van der Waals surface area (Å²) in [6.07, 6.45) is -3.01. The molecule has 116 valence electrons. The predicted octanol–water partition coefficient (Wildman–Crippen LogP) is 3.12. The molecule has 3 rings (SSSR count). The number of ketones is 1. The van der Waals surface area contributed by atoms with E-state index in [0.29, 0.717) is 17.5 Å². The van der Waals surface area contributed by atoms with Crippen LogP contribution in [-0.2, 0) is 6.18 Å². The van der Waals surface area contributed by atoms with Crippen molar-refractivity contribution in [2.75, 3.05) is 0 Å². The molecule has 0 fully saturated rings. The van der Waals surface area contributed by atoms with Gasteiger partial charge in [-0.3, -0.25) is 14.9 Å². The number of H-pyrrole nitrogens is 1.